The summed E-state index contributed by atoms with van der Waals surface area (Å²) in [6.07, 6.45) is 7.37. The second-order valence-electron chi connectivity index (χ2n) is 7.27. The van der Waals surface area contributed by atoms with Gasteiger partial charge >= 0.3 is 0 Å². The normalized spacial score (nSPS) is 18.7. The summed E-state index contributed by atoms with van der Waals surface area (Å²) in [4.78, 5) is 8.87. The lowest BCUT2D eigenvalue weighted by Crippen LogP contribution is -2.46. The maximum atomic E-state index is 5.52. The first kappa shape index (κ1) is 17.1. The number of hydrogen-bond donors (Lipinski definition) is 0. The highest BCUT2D eigenvalue weighted by atomic mass is 16.3. The Morgan fingerprint density at radius 1 is 1.07 bits per heavy atom. The number of furan rings is 1. The molecule has 0 aliphatic carbocycles. The quantitative estimate of drug-likeness (QED) is 0.547. The van der Waals surface area contributed by atoms with Crippen LogP contribution < -0.4 is 0 Å². The first-order valence-corrected chi connectivity index (χ1v) is 9.48. The number of fused-ring (bicyclic) bond motifs is 1. The fourth-order valence-electron chi connectivity index (χ4n) is 3.86. The van der Waals surface area contributed by atoms with E-state index in [0.29, 0.717) is 0 Å². The molecule has 7 heteroatoms. The van der Waals surface area contributed by atoms with E-state index in [1.54, 1.807) is 18.7 Å². The van der Waals surface area contributed by atoms with Crippen molar-refractivity contribution in [3.8, 4) is 11.1 Å². The summed E-state index contributed by atoms with van der Waals surface area (Å²) in [6, 6.07) is 12.4. The van der Waals surface area contributed by atoms with Crippen LogP contribution in [-0.4, -0.2) is 56.3 Å². The molecule has 28 heavy (non-hydrogen) atoms. The van der Waals surface area contributed by atoms with Gasteiger partial charge in [0.25, 0.3) is 0 Å². The molecular weight excluding hydrogens is 352 g/mol. The molecule has 4 aromatic heterocycles. The van der Waals surface area contributed by atoms with Gasteiger partial charge in [0.15, 0.2) is 0 Å². The van der Waals surface area contributed by atoms with Gasteiger partial charge in [0, 0.05) is 43.8 Å². The van der Waals surface area contributed by atoms with Gasteiger partial charge in [0.05, 0.1) is 24.4 Å². The van der Waals surface area contributed by atoms with Crippen molar-refractivity contribution in [1.29, 1.82) is 0 Å². The van der Waals surface area contributed by atoms with Crippen LogP contribution in [0, 0.1) is 0 Å². The van der Waals surface area contributed by atoms with Crippen molar-refractivity contribution < 1.29 is 4.42 Å². The molecule has 1 atom stereocenters. The molecule has 0 aromatic carbocycles. The van der Waals surface area contributed by atoms with Gasteiger partial charge in [-0.05, 0) is 42.9 Å². The molecule has 0 saturated carbocycles. The van der Waals surface area contributed by atoms with E-state index < -0.39 is 0 Å². The average molecular weight is 374 g/mol. The molecule has 1 aliphatic rings. The first-order chi connectivity index (χ1) is 13.8. The van der Waals surface area contributed by atoms with Gasteiger partial charge in [-0.25, -0.2) is 4.52 Å². The minimum Gasteiger partial charge on any atom is -0.468 e. The second-order valence-corrected chi connectivity index (χ2v) is 7.27. The number of aromatic nitrogens is 4. The van der Waals surface area contributed by atoms with Gasteiger partial charge < -0.3 is 4.42 Å². The van der Waals surface area contributed by atoms with Crippen LogP contribution in [0.3, 0.4) is 0 Å². The van der Waals surface area contributed by atoms with Crippen molar-refractivity contribution in [2.45, 2.75) is 12.6 Å². The summed E-state index contributed by atoms with van der Waals surface area (Å²) in [5.74, 6) is 0.998. The highest BCUT2D eigenvalue weighted by Crippen LogP contribution is 2.28. The summed E-state index contributed by atoms with van der Waals surface area (Å²) >= 11 is 0. The summed E-state index contributed by atoms with van der Waals surface area (Å²) in [7, 11) is 2.16. The third kappa shape index (κ3) is 3.19. The Morgan fingerprint density at radius 2 is 1.96 bits per heavy atom. The Hall–Kier alpha value is -3.03. The topological polar surface area (TPSA) is 62.7 Å². The van der Waals surface area contributed by atoms with Crippen LogP contribution in [0.2, 0.25) is 0 Å². The van der Waals surface area contributed by atoms with Gasteiger partial charge in [-0.1, -0.05) is 11.3 Å². The van der Waals surface area contributed by atoms with E-state index in [2.05, 4.69) is 44.3 Å². The maximum Gasteiger partial charge on any atom is 0.117 e. The zero-order valence-electron chi connectivity index (χ0n) is 15.8. The van der Waals surface area contributed by atoms with E-state index in [4.69, 9.17) is 4.42 Å². The third-order valence-electron chi connectivity index (χ3n) is 5.46. The van der Waals surface area contributed by atoms with E-state index >= 15 is 0 Å². The average Bonchev–Trinajstić information content (AvgIpc) is 3.39. The van der Waals surface area contributed by atoms with Crippen LogP contribution in [0.15, 0.2) is 65.7 Å². The Morgan fingerprint density at radius 3 is 2.79 bits per heavy atom. The summed E-state index contributed by atoms with van der Waals surface area (Å²) < 4.78 is 7.40. The van der Waals surface area contributed by atoms with Crippen LogP contribution in [-0.2, 0) is 6.54 Å². The van der Waals surface area contributed by atoms with Gasteiger partial charge in [0.1, 0.15) is 11.5 Å². The van der Waals surface area contributed by atoms with Gasteiger partial charge in [0.2, 0.25) is 0 Å². The van der Waals surface area contributed by atoms with E-state index in [9.17, 15) is 0 Å². The lowest BCUT2D eigenvalue weighted by molar-refractivity contribution is 0.0840. The van der Waals surface area contributed by atoms with Crippen molar-refractivity contribution in [3.05, 3.63) is 72.7 Å². The highest BCUT2D eigenvalue weighted by Gasteiger charge is 2.29. The smallest absolute Gasteiger partial charge is 0.117 e. The minimum absolute atomic E-state index is 0.202. The van der Waals surface area contributed by atoms with Gasteiger partial charge in [-0.3, -0.25) is 14.8 Å². The molecule has 1 aliphatic heterocycles. The Balaban J connectivity index is 1.43. The predicted molar refractivity (Wildman–Crippen MR) is 106 cm³/mol. The van der Waals surface area contributed by atoms with Crippen LogP contribution in [0.5, 0.6) is 0 Å². The van der Waals surface area contributed by atoms with Crippen molar-refractivity contribution >= 4 is 5.52 Å². The number of likely N-dealkylation sites (N-methyl/N-ethyl adjacent to an activating group) is 1. The van der Waals surface area contributed by atoms with Crippen molar-refractivity contribution in [2.24, 2.45) is 0 Å². The molecule has 4 aromatic rings. The number of piperazine rings is 1. The molecule has 0 N–H and O–H groups in total. The van der Waals surface area contributed by atoms with Crippen LogP contribution in [0.1, 0.15) is 17.5 Å². The molecular formula is C21H22N6O. The molecule has 7 nitrogen and oxygen atoms in total. The number of nitrogens with zero attached hydrogens (tertiary/aromatic N) is 6. The molecule has 5 heterocycles. The lowest BCUT2D eigenvalue weighted by Gasteiger charge is -2.38. The summed E-state index contributed by atoms with van der Waals surface area (Å²) in [5, 5.41) is 8.95. The monoisotopic (exact) mass is 374 g/mol. The van der Waals surface area contributed by atoms with Crippen molar-refractivity contribution in [2.75, 3.05) is 26.7 Å². The summed E-state index contributed by atoms with van der Waals surface area (Å²) in [5.41, 5.74) is 4.29. The highest BCUT2D eigenvalue weighted by molar-refractivity contribution is 5.65. The molecule has 0 spiro atoms. The number of hydrogen-bond acceptors (Lipinski definition) is 6. The Labute approximate surface area is 163 Å². The maximum absolute atomic E-state index is 5.52. The molecule has 0 bridgehead atoms. The van der Waals surface area contributed by atoms with Crippen LogP contribution in [0.4, 0.5) is 0 Å². The molecule has 0 amide bonds. The fourth-order valence-corrected chi connectivity index (χ4v) is 3.86. The largest absolute Gasteiger partial charge is 0.468 e. The minimum atomic E-state index is 0.202. The number of rotatable bonds is 4. The van der Waals surface area contributed by atoms with Crippen LogP contribution >= 0.6 is 0 Å². The molecule has 0 unspecified atom stereocenters. The molecule has 1 saturated heterocycles. The van der Waals surface area contributed by atoms with E-state index in [1.165, 1.54) is 0 Å². The standard InChI is InChI=1S/C21H22N6O/c1-25-10-11-26(14-18-3-2-12-28-18)15-20(25)21-19-5-4-17(13-27(19)24-23-21)16-6-8-22-9-7-16/h2-9,12-13,20H,10-11,14-15H2,1H3/t20-/m1/s1. The lowest BCUT2D eigenvalue weighted by atomic mass is 10.1. The molecule has 1 fully saturated rings. The molecule has 142 valence electrons. The fraction of sp³-hybridized carbons (Fsp3) is 0.286. The van der Waals surface area contributed by atoms with E-state index in [1.807, 2.05) is 35.0 Å². The summed E-state index contributed by atoms with van der Waals surface area (Å²) in [6.45, 7) is 3.72. The van der Waals surface area contributed by atoms with Crippen LogP contribution in [0.25, 0.3) is 16.6 Å². The van der Waals surface area contributed by atoms with E-state index in [0.717, 1.165) is 54.3 Å². The zero-order valence-corrected chi connectivity index (χ0v) is 15.8. The third-order valence-corrected chi connectivity index (χ3v) is 5.46. The molecule has 0 radical (unpaired) electrons. The number of pyridine rings is 2. The van der Waals surface area contributed by atoms with Crippen molar-refractivity contribution in [1.82, 2.24) is 29.6 Å². The van der Waals surface area contributed by atoms with Crippen molar-refractivity contribution in [3.63, 3.8) is 0 Å². The Kier molecular flexibility index (Phi) is 4.38. The van der Waals surface area contributed by atoms with Gasteiger partial charge in [-0.15, -0.1) is 5.10 Å². The predicted octanol–water partition coefficient (Wildman–Crippen LogP) is 2.87. The SMILES string of the molecule is CN1CCN(Cc2ccco2)C[C@@H]1c1nnn2cc(-c3ccncc3)ccc12. The Bertz CT molecular complexity index is 1060. The zero-order chi connectivity index (χ0) is 18.9. The first-order valence-electron chi connectivity index (χ1n) is 9.48. The second kappa shape index (κ2) is 7.18. The van der Waals surface area contributed by atoms with E-state index in [-0.39, 0.29) is 6.04 Å². The van der Waals surface area contributed by atoms with Gasteiger partial charge in [-0.2, -0.15) is 0 Å². The molecule has 5 rings (SSSR count).